The van der Waals surface area contributed by atoms with Gasteiger partial charge in [-0.15, -0.1) is 0 Å². The fourth-order valence-corrected chi connectivity index (χ4v) is 2.89. The minimum absolute atomic E-state index is 0.00866. The molecule has 1 aliphatic heterocycles. The number of hydrogen-bond acceptors (Lipinski definition) is 4. The average Bonchev–Trinajstić information content (AvgIpc) is 3.07. The molecule has 2 aromatic rings. The molecule has 0 saturated carbocycles. The molecule has 3 amide bonds. The molecule has 2 aromatic carbocycles. The lowest BCUT2D eigenvalue weighted by Crippen LogP contribution is -2.47. The average molecular weight is 445 g/mol. The second kappa shape index (κ2) is 9.56. The van der Waals surface area contributed by atoms with Gasteiger partial charge in [0.1, 0.15) is 12.2 Å². The van der Waals surface area contributed by atoms with Crippen molar-refractivity contribution in [1.29, 1.82) is 0 Å². The van der Waals surface area contributed by atoms with Crippen LogP contribution in [0.2, 0.25) is 10.0 Å². The Hall–Kier alpha value is -3.16. The van der Waals surface area contributed by atoms with Crippen molar-refractivity contribution in [3.8, 4) is 0 Å². The van der Waals surface area contributed by atoms with Crippen molar-refractivity contribution in [3.63, 3.8) is 0 Å². The van der Waals surface area contributed by atoms with Crippen LogP contribution in [0, 0.1) is 0 Å². The fraction of sp³-hybridized carbons (Fsp3) is 0.143. The molecule has 0 fully saturated rings. The SMILES string of the molecule is CC(=O)N(CC(=O)NCc1ccc(Cl)cc1)C1=N/C(=C\c2ccc(Cl)cc2)C(=O)N1. The molecule has 0 atom stereocenters. The van der Waals surface area contributed by atoms with Gasteiger partial charge in [-0.25, -0.2) is 4.99 Å². The lowest BCUT2D eigenvalue weighted by Gasteiger charge is -2.19. The van der Waals surface area contributed by atoms with Crippen molar-refractivity contribution in [3.05, 3.63) is 75.4 Å². The van der Waals surface area contributed by atoms with E-state index in [2.05, 4.69) is 15.6 Å². The molecule has 2 N–H and O–H groups in total. The third-order valence-electron chi connectivity index (χ3n) is 4.20. The minimum Gasteiger partial charge on any atom is -0.350 e. The normalized spacial score (nSPS) is 14.3. The van der Waals surface area contributed by atoms with Gasteiger partial charge in [-0.3, -0.25) is 24.6 Å². The second-order valence-corrected chi connectivity index (χ2v) is 7.35. The highest BCUT2D eigenvalue weighted by molar-refractivity contribution is 6.30. The van der Waals surface area contributed by atoms with Crippen molar-refractivity contribution in [2.75, 3.05) is 6.54 Å². The van der Waals surface area contributed by atoms with Gasteiger partial charge in [-0.2, -0.15) is 0 Å². The number of benzene rings is 2. The van der Waals surface area contributed by atoms with Crippen LogP contribution < -0.4 is 10.6 Å². The molecule has 1 heterocycles. The Labute approximate surface area is 183 Å². The Balaban J connectivity index is 1.68. The lowest BCUT2D eigenvalue weighted by molar-refractivity contribution is -0.131. The predicted molar refractivity (Wildman–Crippen MR) is 116 cm³/mol. The van der Waals surface area contributed by atoms with Gasteiger partial charge in [-0.05, 0) is 41.5 Å². The molecule has 0 bridgehead atoms. The Bertz CT molecular complexity index is 1030. The Morgan fingerprint density at radius 1 is 1.07 bits per heavy atom. The van der Waals surface area contributed by atoms with Gasteiger partial charge in [-0.1, -0.05) is 47.5 Å². The highest BCUT2D eigenvalue weighted by Crippen LogP contribution is 2.16. The first-order chi connectivity index (χ1) is 14.3. The largest absolute Gasteiger partial charge is 0.350 e. The van der Waals surface area contributed by atoms with Gasteiger partial charge in [0.15, 0.2) is 0 Å². The maximum absolute atomic E-state index is 12.3. The summed E-state index contributed by atoms with van der Waals surface area (Å²) in [5.74, 6) is -1.28. The summed E-state index contributed by atoms with van der Waals surface area (Å²) in [7, 11) is 0. The van der Waals surface area contributed by atoms with E-state index >= 15 is 0 Å². The van der Waals surface area contributed by atoms with E-state index in [1.165, 1.54) is 6.92 Å². The number of nitrogens with zero attached hydrogens (tertiary/aromatic N) is 2. The molecule has 0 saturated heterocycles. The Kier molecular flexibility index (Phi) is 6.87. The highest BCUT2D eigenvalue weighted by atomic mass is 35.5. The predicted octanol–water partition coefficient (Wildman–Crippen LogP) is 2.99. The van der Waals surface area contributed by atoms with Crippen molar-refractivity contribution < 1.29 is 14.4 Å². The summed E-state index contributed by atoms with van der Waals surface area (Å²) in [6.45, 7) is 1.29. The van der Waals surface area contributed by atoms with Crippen LogP contribution in [-0.4, -0.2) is 35.1 Å². The standard InChI is InChI=1S/C21H18Cl2N4O3/c1-13(28)27(12-19(29)24-11-15-4-8-17(23)9-5-15)21-25-18(20(30)26-21)10-14-2-6-16(22)7-3-14/h2-10H,11-12H2,1H3,(H,24,29)(H,25,26,30)/b18-10-. The summed E-state index contributed by atoms with van der Waals surface area (Å²) in [4.78, 5) is 41.9. The molecule has 9 heteroatoms. The smallest absolute Gasteiger partial charge is 0.276 e. The molecule has 30 heavy (non-hydrogen) atoms. The van der Waals surface area contributed by atoms with Crippen LogP contribution in [0.5, 0.6) is 0 Å². The van der Waals surface area contributed by atoms with Crippen LogP contribution >= 0.6 is 23.2 Å². The number of guanidine groups is 1. The van der Waals surface area contributed by atoms with Crippen LogP contribution in [0.1, 0.15) is 18.1 Å². The van der Waals surface area contributed by atoms with E-state index in [0.717, 1.165) is 16.0 Å². The number of amides is 3. The molecule has 0 unspecified atom stereocenters. The highest BCUT2D eigenvalue weighted by Gasteiger charge is 2.28. The summed E-state index contributed by atoms with van der Waals surface area (Å²) in [5.41, 5.74) is 1.71. The number of halogens is 2. The summed E-state index contributed by atoms with van der Waals surface area (Å²) in [5, 5.41) is 6.43. The van der Waals surface area contributed by atoms with E-state index < -0.39 is 17.7 Å². The summed E-state index contributed by atoms with van der Waals surface area (Å²) in [6.07, 6.45) is 1.57. The van der Waals surface area contributed by atoms with Gasteiger partial charge in [0.05, 0.1) is 0 Å². The molecular formula is C21H18Cl2N4O3. The third-order valence-corrected chi connectivity index (χ3v) is 4.70. The number of aliphatic imine (C=N–C) groups is 1. The molecule has 1 aliphatic rings. The second-order valence-electron chi connectivity index (χ2n) is 6.48. The molecule has 0 aromatic heterocycles. The van der Waals surface area contributed by atoms with Crippen LogP contribution in [0.25, 0.3) is 6.08 Å². The molecule has 0 radical (unpaired) electrons. The summed E-state index contributed by atoms with van der Waals surface area (Å²) in [6, 6.07) is 13.9. The van der Waals surface area contributed by atoms with Crippen LogP contribution in [0.3, 0.4) is 0 Å². The van der Waals surface area contributed by atoms with Gasteiger partial charge in [0.25, 0.3) is 5.91 Å². The first kappa shape index (κ1) is 21.5. The molecule has 3 rings (SSSR count). The maximum atomic E-state index is 12.3. The number of hydrogen-bond donors (Lipinski definition) is 2. The van der Waals surface area contributed by atoms with Gasteiger partial charge >= 0.3 is 0 Å². The molecule has 0 aliphatic carbocycles. The third kappa shape index (κ3) is 5.68. The minimum atomic E-state index is -0.465. The van der Waals surface area contributed by atoms with Crippen molar-refractivity contribution in [1.82, 2.24) is 15.5 Å². The fourth-order valence-electron chi connectivity index (χ4n) is 2.64. The molecular weight excluding hydrogens is 427 g/mol. The summed E-state index contributed by atoms with van der Waals surface area (Å²) >= 11 is 11.7. The first-order valence-electron chi connectivity index (χ1n) is 8.98. The van der Waals surface area contributed by atoms with Gasteiger partial charge in [0, 0.05) is 23.5 Å². The molecule has 7 nitrogen and oxygen atoms in total. The monoisotopic (exact) mass is 444 g/mol. The zero-order valence-electron chi connectivity index (χ0n) is 16.0. The number of nitrogens with one attached hydrogen (secondary N) is 2. The van der Waals surface area contributed by atoms with Crippen molar-refractivity contribution in [2.24, 2.45) is 4.99 Å². The Morgan fingerprint density at radius 3 is 2.27 bits per heavy atom. The lowest BCUT2D eigenvalue weighted by atomic mass is 10.2. The maximum Gasteiger partial charge on any atom is 0.276 e. The number of carbonyl (C=O) groups excluding carboxylic acids is 3. The van der Waals surface area contributed by atoms with E-state index in [4.69, 9.17) is 23.2 Å². The van der Waals surface area contributed by atoms with Crippen LogP contribution in [-0.2, 0) is 20.9 Å². The van der Waals surface area contributed by atoms with Crippen LogP contribution in [0.4, 0.5) is 0 Å². The van der Waals surface area contributed by atoms with Gasteiger partial charge < -0.3 is 5.32 Å². The van der Waals surface area contributed by atoms with Gasteiger partial charge in [0.2, 0.25) is 17.8 Å². The topological polar surface area (TPSA) is 90.9 Å². The van der Waals surface area contributed by atoms with Crippen molar-refractivity contribution >= 4 is 53.0 Å². The van der Waals surface area contributed by atoms with E-state index in [9.17, 15) is 14.4 Å². The van der Waals surface area contributed by atoms with Crippen LogP contribution in [0.15, 0.2) is 59.2 Å². The summed E-state index contributed by atoms with van der Waals surface area (Å²) < 4.78 is 0. The van der Waals surface area contributed by atoms with E-state index in [-0.39, 0.29) is 24.7 Å². The van der Waals surface area contributed by atoms with E-state index in [1.807, 2.05) is 0 Å². The van der Waals surface area contributed by atoms with Crippen molar-refractivity contribution in [2.45, 2.75) is 13.5 Å². The molecule has 0 spiro atoms. The van der Waals surface area contributed by atoms with E-state index in [1.54, 1.807) is 54.6 Å². The number of rotatable bonds is 5. The Morgan fingerprint density at radius 2 is 1.67 bits per heavy atom. The first-order valence-corrected chi connectivity index (χ1v) is 9.74. The van der Waals surface area contributed by atoms with E-state index in [0.29, 0.717) is 10.0 Å². The quantitative estimate of drug-likeness (QED) is 0.694. The zero-order chi connectivity index (χ0) is 21.7. The molecule has 154 valence electrons. The number of carbonyl (C=O) groups is 3. The zero-order valence-corrected chi connectivity index (χ0v) is 17.5.